The molecule has 0 spiro atoms. The van der Waals surface area contributed by atoms with Crippen LogP contribution < -0.4 is 16.0 Å². The lowest BCUT2D eigenvalue weighted by Gasteiger charge is -2.24. The van der Waals surface area contributed by atoms with Gasteiger partial charge in [-0.1, -0.05) is 6.07 Å². The van der Waals surface area contributed by atoms with Crippen LogP contribution in [0.5, 0.6) is 0 Å². The molecule has 1 fully saturated rings. The van der Waals surface area contributed by atoms with Gasteiger partial charge in [0.2, 0.25) is 0 Å². The van der Waals surface area contributed by atoms with Crippen LogP contribution in [0, 0.1) is 6.92 Å². The highest BCUT2D eigenvalue weighted by Crippen LogP contribution is 2.28. The number of carbonyl (C=O) groups is 1. The number of rotatable bonds is 7. The van der Waals surface area contributed by atoms with Crippen LogP contribution in [0.1, 0.15) is 28.2 Å². The molecule has 34 heavy (non-hydrogen) atoms. The van der Waals surface area contributed by atoms with Gasteiger partial charge >= 0.3 is 0 Å². The first-order valence-electron chi connectivity index (χ1n) is 11.4. The Balaban J connectivity index is 0.000000196. The maximum Gasteiger partial charge on any atom is 0.166 e. The second-order valence-corrected chi connectivity index (χ2v) is 9.43. The van der Waals surface area contributed by atoms with E-state index in [4.69, 9.17) is 5.73 Å². The highest BCUT2D eigenvalue weighted by molar-refractivity contribution is 7.97. The molecule has 1 saturated heterocycles. The van der Waals surface area contributed by atoms with Gasteiger partial charge in [-0.05, 0) is 56.7 Å². The van der Waals surface area contributed by atoms with Crippen molar-refractivity contribution >= 4 is 29.8 Å². The number of hydrogen-bond acceptors (Lipinski definition) is 9. The third-order valence-corrected chi connectivity index (χ3v) is 7.04. The van der Waals surface area contributed by atoms with Crippen molar-refractivity contribution in [1.82, 2.24) is 19.2 Å². The summed E-state index contributed by atoms with van der Waals surface area (Å²) in [7, 11) is 3.83. The molecule has 4 rings (SSSR count). The first kappa shape index (κ1) is 26.0. The summed E-state index contributed by atoms with van der Waals surface area (Å²) in [6.07, 6.45) is 6.69. The van der Waals surface area contributed by atoms with Crippen LogP contribution in [0.3, 0.4) is 0 Å². The van der Waals surface area contributed by atoms with Gasteiger partial charge in [0.1, 0.15) is 5.82 Å². The normalized spacial score (nSPS) is 18.6. The third kappa shape index (κ3) is 6.69. The van der Waals surface area contributed by atoms with E-state index in [2.05, 4.69) is 30.6 Å². The monoisotopic (exact) mass is 485 g/mol. The Bertz CT molecular complexity index is 1020. The molecular formula is C24H35N7O2S. The molecule has 4 N–H and O–H groups in total. The number of nitrogens with two attached hydrogens (primary N) is 1. The number of aldehydes is 1. The number of β-amino-alcohol motifs (C(OH)–C–C–N with tert-alkyl or cyclic N) is 1. The van der Waals surface area contributed by atoms with Crippen LogP contribution in [-0.4, -0.2) is 76.8 Å². The van der Waals surface area contributed by atoms with E-state index in [1.807, 2.05) is 43.8 Å². The van der Waals surface area contributed by atoms with Gasteiger partial charge < -0.3 is 25.6 Å². The standard InChI is InChI=1S/C13H18N4OS.C11H17N3O/c1-10-13(7-12(9-18)16(10)2)19-17-6-5-15-11(8-17)3-4-14;1-12-7-9-3-2-5-13-11(9)14-6-4-10(15)8-14/h3-4,7,9H,5-6,8,14H2,1-2H3;2-3,5,10,12,15H,4,6-8H2,1H3/b4-3-;. The summed E-state index contributed by atoms with van der Waals surface area (Å²) in [4.78, 5) is 23.0. The lowest BCUT2D eigenvalue weighted by atomic mass is 10.2. The smallest absolute Gasteiger partial charge is 0.166 e. The summed E-state index contributed by atoms with van der Waals surface area (Å²) < 4.78 is 4.15. The van der Waals surface area contributed by atoms with E-state index in [1.165, 1.54) is 11.8 Å². The maximum absolute atomic E-state index is 10.9. The Kier molecular flexibility index (Phi) is 9.70. The van der Waals surface area contributed by atoms with Crippen molar-refractivity contribution in [3.63, 3.8) is 0 Å². The largest absolute Gasteiger partial charge is 0.405 e. The minimum atomic E-state index is -0.200. The van der Waals surface area contributed by atoms with Gasteiger partial charge in [-0.3, -0.25) is 9.79 Å². The van der Waals surface area contributed by atoms with E-state index in [9.17, 15) is 9.90 Å². The molecular weight excluding hydrogens is 450 g/mol. The van der Waals surface area contributed by atoms with Crippen molar-refractivity contribution < 1.29 is 9.90 Å². The number of anilines is 1. The predicted octanol–water partition coefficient (Wildman–Crippen LogP) is 1.75. The molecule has 0 aromatic carbocycles. The number of aliphatic imine (C=N–C) groups is 1. The zero-order valence-electron chi connectivity index (χ0n) is 20.1. The number of nitrogens with one attached hydrogen (secondary N) is 1. The molecule has 0 bridgehead atoms. The van der Waals surface area contributed by atoms with E-state index >= 15 is 0 Å². The first-order chi connectivity index (χ1) is 16.5. The number of nitrogens with zero attached hydrogens (tertiary/aromatic N) is 5. The summed E-state index contributed by atoms with van der Waals surface area (Å²) in [6.45, 7) is 6.88. The van der Waals surface area contributed by atoms with Gasteiger partial charge in [-0.15, -0.1) is 0 Å². The van der Waals surface area contributed by atoms with Crippen LogP contribution in [0.2, 0.25) is 0 Å². The molecule has 2 aliphatic rings. The molecule has 184 valence electrons. The molecule has 0 radical (unpaired) electrons. The topological polar surface area (TPSA) is 112 Å². The van der Waals surface area contributed by atoms with Gasteiger partial charge in [0, 0.05) is 55.6 Å². The van der Waals surface area contributed by atoms with E-state index < -0.39 is 0 Å². The first-order valence-corrected chi connectivity index (χ1v) is 12.2. The molecule has 2 aromatic heterocycles. The number of hydrogen-bond donors (Lipinski definition) is 3. The minimum Gasteiger partial charge on any atom is -0.405 e. The molecule has 2 aromatic rings. The van der Waals surface area contributed by atoms with Gasteiger partial charge in [0.25, 0.3) is 0 Å². The Morgan fingerprint density at radius 1 is 1.38 bits per heavy atom. The van der Waals surface area contributed by atoms with Crippen molar-refractivity contribution in [2.75, 3.05) is 44.7 Å². The molecule has 10 heteroatoms. The summed E-state index contributed by atoms with van der Waals surface area (Å²) in [5.41, 5.74) is 9.38. The Labute approximate surface area is 205 Å². The van der Waals surface area contributed by atoms with Crippen molar-refractivity contribution in [2.24, 2.45) is 17.8 Å². The van der Waals surface area contributed by atoms with Gasteiger partial charge in [-0.2, -0.15) is 0 Å². The van der Waals surface area contributed by atoms with Crippen molar-refractivity contribution in [1.29, 1.82) is 0 Å². The second-order valence-electron chi connectivity index (χ2n) is 8.29. The SMILES string of the molecule is CNCc1cccnc1N1CCC(O)C1.Cc1c(SN2CCN=C(/C=C\N)C2)cc(C=O)n1C. The second kappa shape index (κ2) is 12.7. The molecule has 0 saturated carbocycles. The van der Waals surface area contributed by atoms with Crippen molar-refractivity contribution in [2.45, 2.75) is 30.9 Å². The quantitative estimate of drug-likeness (QED) is 0.402. The van der Waals surface area contributed by atoms with E-state index in [0.717, 1.165) is 67.5 Å². The highest BCUT2D eigenvalue weighted by Gasteiger charge is 2.22. The van der Waals surface area contributed by atoms with Crippen LogP contribution in [0.4, 0.5) is 5.82 Å². The highest BCUT2D eigenvalue weighted by atomic mass is 32.2. The minimum absolute atomic E-state index is 0.200. The van der Waals surface area contributed by atoms with Gasteiger partial charge in [0.05, 0.1) is 30.6 Å². The lowest BCUT2D eigenvalue weighted by Crippen LogP contribution is -2.30. The average molecular weight is 486 g/mol. The fourth-order valence-corrected chi connectivity index (χ4v) is 5.02. The maximum atomic E-state index is 10.9. The number of aliphatic hydroxyl groups excluding tert-OH is 1. The molecule has 0 aliphatic carbocycles. The molecule has 1 atom stereocenters. The Morgan fingerprint density at radius 3 is 2.85 bits per heavy atom. The van der Waals surface area contributed by atoms with Gasteiger partial charge in [-0.25, -0.2) is 9.29 Å². The molecule has 2 aliphatic heterocycles. The van der Waals surface area contributed by atoms with Crippen molar-refractivity contribution in [3.8, 4) is 0 Å². The third-order valence-electron chi connectivity index (χ3n) is 5.86. The van der Waals surface area contributed by atoms with E-state index in [-0.39, 0.29) is 6.10 Å². The van der Waals surface area contributed by atoms with E-state index in [0.29, 0.717) is 12.2 Å². The van der Waals surface area contributed by atoms with Crippen LogP contribution in [0.25, 0.3) is 0 Å². The molecule has 0 amide bonds. The molecule has 9 nitrogen and oxygen atoms in total. The zero-order valence-corrected chi connectivity index (χ0v) is 21.0. The summed E-state index contributed by atoms with van der Waals surface area (Å²) in [5, 5.41) is 12.6. The van der Waals surface area contributed by atoms with Gasteiger partial charge in [0.15, 0.2) is 6.29 Å². The van der Waals surface area contributed by atoms with Crippen LogP contribution in [0.15, 0.2) is 46.6 Å². The number of pyridine rings is 1. The lowest BCUT2D eigenvalue weighted by molar-refractivity contribution is 0.111. The van der Waals surface area contributed by atoms with E-state index in [1.54, 1.807) is 18.1 Å². The number of aromatic nitrogens is 2. The fourth-order valence-electron chi connectivity index (χ4n) is 3.93. The Morgan fingerprint density at radius 2 is 2.21 bits per heavy atom. The van der Waals surface area contributed by atoms with Crippen molar-refractivity contribution in [3.05, 3.63) is 53.6 Å². The van der Waals surface area contributed by atoms with Crippen LogP contribution >= 0.6 is 11.9 Å². The average Bonchev–Trinajstić information content (AvgIpc) is 3.39. The number of aliphatic hydroxyl groups is 1. The fraction of sp³-hybridized carbons (Fsp3) is 0.458. The summed E-state index contributed by atoms with van der Waals surface area (Å²) >= 11 is 1.67. The summed E-state index contributed by atoms with van der Waals surface area (Å²) in [5.74, 6) is 1.00. The molecule has 1 unspecified atom stereocenters. The summed E-state index contributed by atoms with van der Waals surface area (Å²) in [6, 6.07) is 5.95. The van der Waals surface area contributed by atoms with Crippen LogP contribution in [-0.2, 0) is 13.6 Å². The predicted molar refractivity (Wildman–Crippen MR) is 138 cm³/mol. The number of carbonyl (C=O) groups excluding carboxylic acids is 1. The zero-order chi connectivity index (χ0) is 24.5. The Hall–Kier alpha value is -2.66. The molecule has 4 heterocycles.